The highest BCUT2D eigenvalue weighted by Crippen LogP contribution is 2.27. The molecule has 2 aromatic rings. The highest BCUT2D eigenvalue weighted by Gasteiger charge is 2.10. The van der Waals surface area contributed by atoms with Crippen LogP contribution in [-0.4, -0.2) is 5.16 Å². The molecule has 0 saturated carbocycles. The first kappa shape index (κ1) is 8.75. The molecule has 1 aromatic carbocycles. The monoisotopic (exact) mass is 239 g/mol. The van der Waals surface area contributed by atoms with Crippen LogP contribution >= 0.6 is 15.9 Å². The molecule has 0 atom stereocenters. The molecule has 2 nitrogen and oxygen atoms in total. The standard InChI is InChI=1S/C10H10BrNO/c1-6(2)10-8-5-7(11)3-4-9(8)13-12-10/h3-6H,1-2H3. The molecule has 0 aliphatic rings. The molecule has 68 valence electrons. The first-order chi connectivity index (χ1) is 6.18. The van der Waals surface area contributed by atoms with Crippen molar-refractivity contribution in [3.8, 4) is 0 Å². The summed E-state index contributed by atoms with van der Waals surface area (Å²) in [7, 11) is 0. The SMILES string of the molecule is CC(C)c1noc2ccc(Br)cc12. The average molecular weight is 240 g/mol. The third-order valence-corrected chi connectivity index (χ3v) is 2.50. The zero-order valence-electron chi connectivity index (χ0n) is 7.54. The maximum Gasteiger partial charge on any atom is 0.167 e. The summed E-state index contributed by atoms with van der Waals surface area (Å²) in [6.07, 6.45) is 0. The van der Waals surface area contributed by atoms with Crippen LogP contribution < -0.4 is 0 Å². The maximum atomic E-state index is 5.19. The molecule has 0 radical (unpaired) electrons. The number of aromatic nitrogens is 1. The molecule has 0 aliphatic heterocycles. The van der Waals surface area contributed by atoms with Crippen molar-refractivity contribution in [2.75, 3.05) is 0 Å². The average Bonchev–Trinajstić information content (AvgIpc) is 2.46. The van der Waals surface area contributed by atoms with Gasteiger partial charge in [-0.05, 0) is 24.1 Å². The van der Waals surface area contributed by atoms with Crippen LogP contribution in [-0.2, 0) is 0 Å². The van der Waals surface area contributed by atoms with Crippen LogP contribution in [0.5, 0.6) is 0 Å². The van der Waals surface area contributed by atoms with Gasteiger partial charge in [0.15, 0.2) is 5.58 Å². The molecule has 0 aliphatic carbocycles. The predicted molar refractivity (Wildman–Crippen MR) is 55.8 cm³/mol. The lowest BCUT2D eigenvalue weighted by Gasteiger charge is -1.97. The predicted octanol–water partition coefficient (Wildman–Crippen LogP) is 3.71. The lowest BCUT2D eigenvalue weighted by Crippen LogP contribution is -1.86. The van der Waals surface area contributed by atoms with E-state index in [1.807, 2.05) is 18.2 Å². The molecular weight excluding hydrogens is 230 g/mol. The fraction of sp³-hybridized carbons (Fsp3) is 0.300. The zero-order valence-corrected chi connectivity index (χ0v) is 9.13. The Bertz CT molecular complexity index is 433. The van der Waals surface area contributed by atoms with E-state index in [0.29, 0.717) is 5.92 Å². The van der Waals surface area contributed by atoms with Crippen molar-refractivity contribution < 1.29 is 4.52 Å². The Balaban J connectivity index is 2.71. The van der Waals surface area contributed by atoms with Gasteiger partial charge in [0.25, 0.3) is 0 Å². The summed E-state index contributed by atoms with van der Waals surface area (Å²) >= 11 is 3.43. The highest BCUT2D eigenvalue weighted by molar-refractivity contribution is 9.10. The van der Waals surface area contributed by atoms with Gasteiger partial charge in [-0.25, -0.2) is 0 Å². The molecule has 3 heteroatoms. The number of nitrogens with zero attached hydrogens (tertiary/aromatic N) is 1. The molecule has 0 unspecified atom stereocenters. The maximum absolute atomic E-state index is 5.19. The summed E-state index contributed by atoms with van der Waals surface area (Å²) in [6, 6.07) is 5.93. The Labute approximate surface area is 85.0 Å². The van der Waals surface area contributed by atoms with Crippen LogP contribution in [0.3, 0.4) is 0 Å². The summed E-state index contributed by atoms with van der Waals surface area (Å²) in [6.45, 7) is 4.22. The van der Waals surface area contributed by atoms with Gasteiger partial charge in [0.2, 0.25) is 0 Å². The van der Waals surface area contributed by atoms with Crippen LogP contribution in [0.25, 0.3) is 11.0 Å². The number of benzene rings is 1. The summed E-state index contributed by atoms with van der Waals surface area (Å²) in [4.78, 5) is 0. The van der Waals surface area contributed by atoms with E-state index >= 15 is 0 Å². The van der Waals surface area contributed by atoms with Crippen LogP contribution in [0.1, 0.15) is 25.5 Å². The van der Waals surface area contributed by atoms with Gasteiger partial charge in [-0.2, -0.15) is 0 Å². The van der Waals surface area contributed by atoms with Crippen molar-refractivity contribution in [2.24, 2.45) is 0 Å². The summed E-state index contributed by atoms with van der Waals surface area (Å²) in [5.74, 6) is 0.399. The second kappa shape index (κ2) is 3.14. The first-order valence-corrected chi connectivity index (χ1v) is 5.02. The van der Waals surface area contributed by atoms with E-state index in [9.17, 15) is 0 Å². The number of fused-ring (bicyclic) bond motifs is 1. The molecule has 0 fully saturated rings. The second-order valence-electron chi connectivity index (χ2n) is 3.36. The summed E-state index contributed by atoms with van der Waals surface area (Å²) in [5, 5.41) is 5.14. The topological polar surface area (TPSA) is 26.0 Å². The minimum atomic E-state index is 0.399. The largest absolute Gasteiger partial charge is 0.356 e. The van der Waals surface area contributed by atoms with Crippen LogP contribution in [0.2, 0.25) is 0 Å². The molecule has 1 heterocycles. The van der Waals surface area contributed by atoms with Gasteiger partial charge in [0.05, 0.1) is 5.69 Å². The Morgan fingerprint density at radius 3 is 2.85 bits per heavy atom. The lowest BCUT2D eigenvalue weighted by molar-refractivity contribution is 0.441. The Morgan fingerprint density at radius 1 is 1.38 bits per heavy atom. The van der Waals surface area contributed by atoms with Gasteiger partial charge in [0.1, 0.15) is 0 Å². The van der Waals surface area contributed by atoms with Gasteiger partial charge in [-0.15, -0.1) is 0 Å². The van der Waals surface area contributed by atoms with E-state index in [1.165, 1.54) is 0 Å². The van der Waals surface area contributed by atoms with Crippen molar-refractivity contribution in [1.82, 2.24) is 5.16 Å². The fourth-order valence-electron chi connectivity index (χ4n) is 1.35. The number of halogens is 1. The minimum absolute atomic E-state index is 0.399. The van der Waals surface area contributed by atoms with E-state index in [-0.39, 0.29) is 0 Å². The minimum Gasteiger partial charge on any atom is -0.356 e. The van der Waals surface area contributed by atoms with Crippen molar-refractivity contribution >= 4 is 26.9 Å². The molecule has 1 aromatic heterocycles. The normalized spacial score (nSPS) is 11.4. The molecule has 0 spiro atoms. The molecule has 2 rings (SSSR count). The van der Waals surface area contributed by atoms with Crippen LogP contribution in [0.4, 0.5) is 0 Å². The number of hydrogen-bond acceptors (Lipinski definition) is 2. The lowest BCUT2D eigenvalue weighted by atomic mass is 10.1. The van der Waals surface area contributed by atoms with Gasteiger partial charge >= 0.3 is 0 Å². The highest BCUT2D eigenvalue weighted by atomic mass is 79.9. The summed E-state index contributed by atoms with van der Waals surface area (Å²) in [5.41, 5.74) is 1.88. The van der Waals surface area contributed by atoms with Crippen LogP contribution in [0, 0.1) is 0 Å². The molecule has 13 heavy (non-hydrogen) atoms. The first-order valence-electron chi connectivity index (χ1n) is 4.23. The Hall–Kier alpha value is -0.830. The summed E-state index contributed by atoms with van der Waals surface area (Å²) < 4.78 is 6.25. The number of hydrogen-bond donors (Lipinski definition) is 0. The molecule has 0 amide bonds. The van der Waals surface area contributed by atoms with Crippen molar-refractivity contribution in [3.05, 3.63) is 28.4 Å². The molecule has 0 N–H and O–H groups in total. The van der Waals surface area contributed by atoms with E-state index in [4.69, 9.17) is 4.52 Å². The molecule has 0 saturated heterocycles. The van der Waals surface area contributed by atoms with Crippen LogP contribution in [0.15, 0.2) is 27.2 Å². The van der Waals surface area contributed by atoms with Gasteiger partial charge < -0.3 is 4.52 Å². The second-order valence-corrected chi connectivity index (χ2v) is 4.28. The van der Waals surface area contributed by atoms with Crippen molar-refractivity contribution in [1.29, 1.82) is 0 Å². The molecule has 0 bridgehead atoms. The quantitative estimate of drug-likeness (QED) is 0.759. The van der Waals surface area contributed by atoms with Gasteiger partial charge in [0, 0.05) is 9.86 Å². The van der Waals surface area contributed by atoms with E-state index in [0.717, 1.165) is 21.1 Å². The third kappa shape index (κ3) is 1.48. The van der Waals surface area contributed by atoms with Crippen molar-refractivity contribution in [2.45, 2.75) is 19.8 Å². The third-order valence-electron chi connectivity index (χ3n) is 2.01. The van der Waals surface area contributed by atoms with E-state index < -0.39 is 0 Å². The van der Waals surface area contributed by atoms with Gasteiger partial charge in [-0.1, -0.05) is 34.9 Å². The molecular formula is C10H10BrNO. The van der Waals surface area contributed by atoms with Gasteiger partial charge in [-0.3, -0.25) is 0 Å². The van der Waals surface area contributed by atoms with E-state index in [1.54, 1.807) is 0 Å². The smallest absolute Gasteiger partial charge is 0.167 e. The zero-order chi connectivity index (χ0) is 9.42. The Kier molecular flexibility index (Phi) is 2.12. The Morgan fingerprint density at radius 2 is 2.15 bits per heavy atom. The number of rotatable bonds is 1. The van der Waals surface area contributed by atoms with E-state index in [2.05, 4.69) is 34.9 Å². The van der Waals surface area contributed by atoms with Crippen molar-refractivity contribution in [3.63, 3.8) is 0 Å². The fourth-order valence-corrected chi connectivity index (χ4v) is 1.71.